The van der Waals surface area contributed by atoms with Crippen LogP contribution in [0.3, 0.4) is 0 Å². The summed E-state index contributed by atoms with van der Waals surface area (Å²) in [5.41, 5.74) is 0. The maximum atomic E-state index is 11.9. The number of nitrogens with one attached hydrogen (secondary N) is 3. The summed E-state index contributed by atoms with van der Waals surface area (Å²) in [4.78, 5) is 18.4. The predicted molar refractivity (Wildman–Crippen MR) is 120 cm³/mol. The molecule has 1 aromatic rings. The molecule has 168 valence electrons. The number of benzene rings is 1. The number of carbonyl (C=O) groups is 1. The molecule has 0 spiro atoms. The van der Waals surface area contributed by atoms with E-state index < -0.39 is 0 Å². The van der Waals surface area contributed by atoms with E-state index in [1.807, 2.05) is 31.2 Å². The first-order chi connectivity index (χ1) is 14.5. The van der Waals surface area contributed by atoms with E-state index in [1.54, 1.807) is 14.2 Å². The highest BCUT2D eigenvalue weighted by Gasteiger charge is 2.21. The molecule has 1 aliphatic heterocycles. The number of piperidine rings is 1. The van der Waals surface area contributed by atoms with Crippen LogP contribution in [0.5, 0.6) is 11.5 Å². The van der Waals surface area contributed by atoms with Gasteiger partial charge in [0.1, 0.15) is 6.10 Å². The Bertz CT molecular complexity index is 674. The largest absolute Gasteiger partial charge is 0.493 e. The molecule has 3 N–H and O–H groups in total. The van der Waals surface area contributed by atoms with Gasteiger partial charge in [-0.2, -0.15) is 0 Å². The van der Waals surface area contributed by atoms with Crippen LogP contribution in [0.1, 0.15) is 33.1 Å². The van der Waals surface area contributed by atoms with Crippen molar-refractivity contribution in [2.75, 3.05) is 46.9 Å². The first-order valence-electron chi connectivity index (χ1n) is 10.8. The number of guanidine groups is 1. The van der Waals surface area contributed by atoms with Gasteiger partial charge in [-0.15, -0.1) is 0 Å². The molecule has 1 unspecified atom stereocenters. The van der Waals surface area contributed by atoms with Crippen LogP contribution in [0.4, 0.5) is 0 Å². The van der Waals surface area contributed by atoms with E-state index in [2.05, 4.69) is 32.8 Å². The monoisotopic (exact) mass is 419 g/mol. The van der Waals surface area contributed by atoms with E-state index >= 15 is 0 Å². The topological polar surface area (TPSA) is 87.2 Å². The number of carbonyl (C=O) groups excluding carboxylic acids is 1. The molecule has 1 atom stereocenters. The average molecular weight is 420 g/mol. The minimum Gasteiger partial charge on any atom is -0.493 e. The number of methoxy groups -OCH3 is 1. The fourth-order valence-corrected chi connectivity index (χ4v) is 3.36. The minimum absolute atomic E-state index is 0.0525. The third-order valence-electron chi connectivity index (χ3n) is 5.05. The van der Waals surface area contributed by atoms with E-state index in [9.17, 15) is 4.79 Å². The number of nitrogens with zero attached hydrogens (tertiary/aromatic N) is 2. The van der Waals surface area contributed by atoms with Gasteiger partial charge in [-0.1, -0.05) is 19.1 Å². The van der Waals surface area contributed by atoms with Gasteiger partial charge in [0, 0.05) is 32.7 Å². The molecule has 0 aliphatic carbocycles. The van der Waals surface area contributed by atoms with Crippen molar-refractivity contribution in [1.82, 2.24) is 20.9 Å². The number of aliphatic imine (C=N–C) groups is 1. The molecular weight excluding hydrogens is 382 g/mol. The fourth-order valence-electron chi connectivity index (χ4n) is 3.36. The summed E-state index contributed by atoms with van der Waals surface area (Å²) in [6, 6.07) is 7.98. The number of hydrogen-bond acceptors (Lipinski definition) is 5. The second-order valence-electron chi connectivity index (χ2n) is 7.58. The molecule has 30 heavy (non-hydrogen) atoms. The number of likely N-dealkylation sites (tertiary alicyclic amines) is 1. The van der Waals surface area contributed by atoms with Crippen molar-refractivity contribution in [2.24, 2.45) is 4.99 Å². The van der Waals surface area contributed by atoms with Crippen LogP contribution in [0.2, 0.25) is 0 Å². The summed E-state index contributed by atoms with van der Waals surface area (Å²) < 4.78 is 11.3. The summed E-state index contributed by atoms with van der Waals surface area (Å²) in [6.07, 6.45) is 2.87. The van der Waals surface area contributed by atoms with Crippen LogP contribution in [0, 0.1) is 0 Å². The summed E-state index contributed by atoms with van der Waals surface area (Å²) >= 11 is 0. The highest BCUT2D eigenvalue weighted by atomic mass is 16.5. The highest BCUT2D eigenvalue weighted by Crippen LogP contribution is 2.26. The van der Waals surface area contributed by atoms with Crippen molar-refractivity contribution in [3.8, 4) is 11.5 Å². The van der Waals surface area contributed by atoms with Crippen molar-refractivity contribution < 1.29 is 14.3 Å². The molecular formula is C22H37N5O3. The molecule has 0 bridgehead atoms. The second-order valence-corrected chi connectivity index (χ2v) is 7.58. The highest BCUT2D eigenvalue weighted by molar-refractivity contribution is 5.80. The van der Waals surface area contributed by atoms with E-state index in [4.69, 9.17) is 9.47 Å². The molecule has 1 amide bonds. The third kappa shape index (κ3) is 8.10. The normalized spacial score (nSPS) is 16.6. The molecule has 0 saturated carbocycles. The van der Waals surface area contributed by atoms with Crippen molar-refractivity contribution in [3.05, 3.63) is 24.3 Å². The van der Waals surface area contributed by atoms with Gasteiger partial charge in [-0.25, -0.2) is 0 Å². The van der Waals surface area contributed by atoms with Gasteiger partial charge < -0.3 is 25.4 Å². The van der Waals surface area contributed by atoms with Gasteiger partial charge in [-0.3, -0.25) is 14.7 Å². The predicted octanol–water partition coefficient (Wildman–Crippen LogP) is 1.62. The first kappa shape index (κ1) is 23.8. The Kier molecular flexibility index (Phi) is 10.3. The molecule has 1 heterocycles. The van der Waals surface area contributed by atoms with Crippen LogP contribution < -0.4 is 25.4 Å². The summed E-state index contributed by atoms with van der Waals surface area (Å²) in [6.45, 7) is 7.73. The van der Waals surface area contributed by atoms with Crippen LogP contribution in [0.25, 0.3) is 0 Å². The fraction of sp³-hybridized carbons (Fsp3) is 0.636. The molecule has 2 rings (SSSR count). The molecule has 1 fully saturated rings. The maximum Gasteiger partial charge on any atom is 0.234 e. The van der Waals surface area contributed by atoms with Crippen molar-refractivity contribution >= 4 is 11.9 Å². The molecule has 0 aromatic heterocycles. The van der Waals surface area contributed by atoms with Crippen molar-refractivity contribution in [1.29, 1.82) is 0 Å². The second kappa shape index (κ2) is 13.0. The smallest absolute Gasteiger partial charge is 0.234 e. The standard InChI is InChI=1S/C22H37N5O3/c1-5-12-24-21(28)16-27-13-10-18(11-14-27)26-22(23-3)25-15-17(2)30-20-9-7-6-8-19(20)29-4/h6-9,17-18H,5,10-16H2,1-4H3,(H,24,28)(H2,23,25,26). The van der Waals surface area contributed by atoms with Crippen molar-refractivity contribution in [3.63, 3.8) is 0 Å². The van der Waals surface area contributed by atoms with Crippen LogP contribution in [-0.4, -0.2) is 75.8 Å². The van der Waals surface area contributed by atoms with Gasteiger partial charge in [-0.05, 0) is 38.3 Å². The van der Waals surface area contributed by atoms with Crippen LogP contribution in [0.15, 0.2) is 29.3 Å². The Morgan fingerprint density at radius 3 is 2.57 bits per heavy atom. The maximum absolute atomic E-state index is 11.9. The van der Waals surface area contributed by atoms with Gasteiger partial charge >= 0.3 is 0 Å². The van der Waals surface area contributed by atoms with Crippen LogP contribution >= 0.6 is 0 Å². The Labute approximate surface area is 180 Å². The number of amides is 1. The van der Waals surface area contributed by atoms with Gasteiger partial charge in [0.05, 0.1) is 20.2 Å². The molecule has 1 aliphatic rings. The average Bonchev–Trinajstić information content (AvgIpc) is 2.76. The zero-order valence-corrected chi connectivity index (χ0v) is 18.7. The minimum atomic E-state index is -0.0525. The SMILES string of the molecule is CCCNC(=O)CN1CCC(NC(=NC)NCC(C)Oc2ccccc2OC)CC1. The zero-order chi connectivity index (χ0) is 21.8. The number of hydrogen-bond donors (Lipinski definition) is 3. The van der Waals surface area contributed by atoms with E-state index in [1.165, 1.54) is 0 Å². The molecule has 8 nitrogen and oxygen atoms in total. The Morgan fingerprint density at radius 2 is 1.93 bits per heavy atom. The number of ether oxygens (including phenoxy) is 2. The van der Waals surface area contributed by atoms with E-state index in [0.717, 1.165) is 56.4 Å². The lowest BCUT2D eigenvalue weighted by molar-refractivity contribution is -0.122. The summed E-state index contributed by atoms with van der Waals surface area (Å²) in [5.74, 6) is 2.34. The van der Waals surface area contributed by atoms with Crippen molar-refractivity contribution in [2.45, 2.75) is 45.3 Å². The molecule has 1 saturated heterocycles. The Hall–Kier alpha value is -2.48. The lowest BCUT2D eigenvalue weighted by Crippen LogP contribution is -2.51. The van der Waals surface area contributed by atoms with E-state index in [0.29, 0.717) is 19.1 Å². The number of rotatable bonds is 10. The molecule has 0 radical (unpaired) electrons. The Morgan fingerprint density at radius 1 is 1.23 bits per heavy atom. The quantitative estimate of drug-likeness (QED) is 0.395. The Balaban J connectivity index is 1.70. The third-order valence-corrected chi connectivity index (χ3v) is 5.05. The first-order valence-corrected chi connectivity index (χ1v) is 10.8. The van der Waals surface area contributed by atoms with Gasteiger partial charge in [0.25, 0.3) is 0 Å². The van der Waals surface area contributed by atoms with Gasteiger partial charge in [0.15, 0.2) is 17.5 Å². The lowest BCUT2D eigenvalue weighted by atomic mass is 10.1. The zero-order valence-electron chi connectivity index (χ0n) is 18.7. The summed E-state index contributed by atoms with van der Waals surface area (Å²) in [7, 11) is 3.41. The molecule has 8 heteroatoms. The van der Waals surface area contributed by atoms with E-state index in [-0.39, 0.29) is 12.0 Å². The lowest BCUT2D eigenvalue weighted by Gasteiger charge is -2.32. The molecule has 1 aromatic carbocycles. The summed E-state index contributed by atoms with van der Waals surface area (Å²) in [5, 5.41) is 9.76. The van der Waals surface area contributed by atoms with Gasteiger partial charge in [0.2, 0.25) is 5.91 Å². The van der Waals surface area contributed by atoms with Crippen LogP contribution in [-0.2, 0) is 4.79 Å². The number of para-hydroxylation sites is 2.